The van der Waals surface area contributed by atoms with E-state index in [2.05, 4.69) is 35.8 Å². The summed E-state index contributed by atoms with van der Waals surface area (Å²) < 4.78 is 0. The summed E-state index contributed by atoms with van der Waals surface area (Å²) in [4.78, 5) is 0. The Morgan fingerprint density at radius 1 is 1.04 bits per heavy atom. The van der Waals surface area contributed by atoms with E-state index in [1.165, 1.54) is 42.4 Å². The Morgan fingerprint density at radius 2 is 1.78 bits per heavy atom. The van der Waals surface area contributed by atoms with Crippen molar-refractivity contribution in [3.63, 3.8) is 0 Å². The SMILES string of the molecule is CCC(NC(=S)Nc1ccccc1)c1ccc2c(c1)CCCC2. The Morgan fingerprint density at radius 3 is 2.52 bits per heavy atom. The van der Waals surface area contributed by atoms with Gasteiger partial charge in [-0.15, -0.1) is 0 Å². The summed E-state index contributed by atoms with van der Waals surface area (Å²) in [5.41, 5.74) is 5.41. The monoisotopic (exact) mass is 324 g/mol. The van der Waals surface area contributed by atoms with Gasteiger partial charge in [0.05, 0.1) is 6.04 Å². The predicted octanol–water partition coefficient (Wildman–Crippen LogP) is 5.00. The zero-order chi connectivity index (χ0) is 16.1. The molecule has 0 aromatic heterocycles. The molecule has 1 aliphatic carbocycles. The molecule has 0 aliphatic heterocycles. The van der Waals surface area contributed by atoms with Crippen LogP contribution in [0.3, 0.4) is 0 Å². The normalized spacial score (nSPS) is 14.7. The number of rotatable bonds is 4. The topological polar surface area (TPSA) is 24.1 Å². The van der Waals surface area contributed by atoms with E-state index < -0.39 is 0 Å². The third-order valence-electron chi connectivity index (χ3n) is 4.52. The lowest BCUT2D eigenvalue weighted by Crippen LogP contribution is -2.32. The number of anilines is 1. The standard InChI is InChI=1S/C20H24N2S/c1-2-19(22-20(23)21-18-10-4-3-5-11-18)17-13-12-15-8-6-7-9-16(15)14-17/h3-5,10-14,19H,2,6-9H2,1H3,(H2,21,22,23). The van der Waals surface area contributed by atoms with Crippen molar-refractivity contribution in [3.8, 4) is 0 Å². The molecule has 23 heavy (non-hydrogen) atoms. The third kappa shape index (κ3) is 4.11. The molecule has 0 heterocycles. The van der Waals surface area contributed by atoms with Crippen LogP contribution in [0.25, 0.3) is 0 Å². The highest BCUT2D eigenvalue weighted by atomic mass is 32.1. The molecule has 2 aromatic carbocycles. The molecule has 0 radical (unpaired) electrons. The molecule has 0 bridgehead atoms. The fourth-order valence-corrected chi connectivity index (χ4v) is 3.50. The van der Waals surface area contributed by atoms with Crippen LogP contribution in [0.2, 0.25) is 0 Å². The highest BCUT2D eigenvalue weighted by molar-refractivity contribution is 7.80. The maximum atomic E-state index is 5.48. The summed E-state index contributed by atoms with van der Waals surface area (Å²) in [6.45, 7) is 2.20. The summed E-state index contributed by atoms with van der Waals surface area (Å²) >= 11 is 5.48. The number of nitrogens with one attached hydrogen (secondary N) is 2. The molecular formula is C20H24N2S. The molecule has 0 fully saturated rings. The zero-order valence-corrected chi connectivity index (χ0v) is 14.5. The van der Waals surface area contributed by atoms with Crippen molar-refractivity contribution >= 4 is 23.0 Å². The summed E-state index contributed by atoms with van der Waals surface area (Å²) in [5, 5.41) is 7.40. The summed E-state index contributed by atoms with van der Waals surface area (Å²) in [5.74, 6) is 0. The van der Waals surface area contributed by atoms with Gasteiger partial charge in [-0.3, -0.25) is 0 Å². The molecule has 120 valence electrons. The molecule has 0 saturated heterocycles. The second kappa shape index (κ2) is 7.60. The Labute approximate surface area is 144 Å². The number of thiocarbonyl (C=S) groups is 1. The minimum atomic E-state index is 0.255. The number of aryl methyl sites for hydroxylation is 2. The van der Waals surface area contributed by atoms with Gasteiger partial charge >= 0.3 is 0 Å². The van der Waals surface area contributed by atoms with Crippen LogP contribution in [0, 0.1) is 0 Å². The Bertz CT molecular complexity index is 667. The van der Waals surface area contributed by atoms with Crippen LogP contribution in [0.5, 0.6) is 0 Å². The van der Waals surface area contributed by atoms with Gasteiger partial charge in [-0.25, -0.2) is 0 Å². The van der Waals surface area contributed by atoms with E-state index in [1.807, 2.05) is 30.3 Å². The van der Waals surface area contributed by atoms with Crippen molar-refractivity contribution in [2.45, 2.75) is 45.1 Å². The van der Waals surface area contributed by atoms with Gasteiger partial charge in [-0.05, 0) is 73.1 Å². The summed E-state index contributed by atoms with van der Waals surface area (Å²) in [6.07, 6.45) is 6.09. The van der Waals surface area contributed by atoms with Crippen LogP contribution >= 0.6 is 12.2 Å². The highest BCUT2D eigenvalue weighted by Gasteiger charge is 2.15. The minimum Gasteiger partial charge on any atom is -0.356 e. The lowest BCUT2D eigenvalue weighted by molar-refractivity contribution is 0.623. The number of para-hydroxylation sites is 1. The summed E-state index contributed by atoms with van der Waals surface area (Å²) in [6, 6.07) is 17.3. The smallest absolute Gasteiger partial charge is 0.171 e. The predicted molar refractivity (Wildman–Crippen MR) is 102 cm³/mol. The Balaban J connectivity index is 1.68. The van der Waals surface area contributed by atoms with E-state index in [9.17, 15) is 0 Å². The van der Waals surface area contributed by atoms with Crippen LogP contribution in [0.1, 0.15) is 48.9 Å². The molecule has 0 spiro atoms. The third-order valence-corrected chi connectivity index (χ3v) is 4.74. The van der Waals surface area contributed by atoms with Crippen molar-refractivity contribution in [2.24, 2.45) is 0 Å². The van der Waals surface area contributed by atoms with E-state index in [1.54, 1.807) is 0 Å². The van der Waals surface area contributed by atoms with Crippen molar-refractivity contribution in [1.29, 1.82) is 0 Å². The first-order chi connectivity index (χ1) is 11.3. The lowest BCUT2D eigenvalue weighted by atomic mass is 9.89. The molecule has 2 N–H and O–H groups in total. The average molecular weight is 324 g/mol. The van der Waals surface area contributed by atoms with Gasteiger partial charge in [0.25, 0.3) is 0 Å². The van der Waals surface area contributed by atoms with E-state index in [-0.39, 0.29) is 6.04 Å². The number of hydrogen-bond donors (Lipinski definition) is 2. The van der Waals surface area contributed by atoms with E-state index in [0.29, 0.717) is 5.11 Å². The molecule has 2 nitrogen and oxygen atoms in total. The van der Waals surface area contributed by atoms with Gasteiger partial charge in [-0.2, -0.15) is 0 Å². The van der Waals surface area contributed by atoms with Crippen LogP contribution in [0.4, 0.5) is 5.69 Å². The molecule has 0 amide bonds. The fourth-order valence-electron chi connectivity index (χ4n) is 3.24. The van der Waals surface area contributed by atoms with Crippen LogP contribution in [-0.2, 0) is 12.8 Å². The fraction of sp³-hybridized carbons (Fsp3) is 0.350. The summed E-state index contributed by atoms with van der Waals surface area (Å²) in [7, 11) is 0. The maximum Gasteiger partial charge on any atom is 0.171 e. The quantitative estimate of drug-likeness (QED) is 0.774. The molecule has 1 unspecified atom stereocenters. The maximum absolute atomic E-state index is 5.48. The van der Waals surface area contributed by atoms with Crippen molar-refractivity contribution in [1.82, 2.24) is 5.32 Å². The minimum absolute atomic E-state index is 0.255. The van der Waals surface area contributed by atoms with Crippen molar-refractivity contribution < 1.29 is 0 Å². The van der Waals surface area contributed by atoms with Gasteiger partial charge in [0, 0.05) is 5.69 Å². The van der Waals surface area contributed by atoms with Gasteiger partial charge < -0.3 is 10.6 Å². The first-order valence-corrected chi connectivity index (χ1v) is 8.91. The average Bonchev–Trinajstić information content (AvgIpc) is 2.60. The van der Waals surface area contributed by atoms with Crippen molar-refractivity contribution in [2.75, 3.05) is 5.32 Å². The van der Waals surface area contributed by atoms with Crippen molar-refractivity contribution in [3.05, 3.63) is 65.2 Å². The first kappa shape index (κ1) is 16.0. The molecular weight excluding hydrogens is 300 g/mol. The highest BCUT2D eigenvalue weighted by Crippen LogP contribution is 2.26. The van der Waals surface area contributed by atoms with Crippen LogP contribution in [-0.4, -0.2) is 5.11 Å². The molecule has 1 atom stereocenters. The number of benzene rings is 2. The molecule has 0 saturated carbocycles. The van der Waals surface area contributed by atoms with Crippen LogP contribution < -0.4 is 10.6 Å². The van der Waals surface area contributed by atoms with Gasteiger partial charge in [0.15, 0.2) is 5.11 Å². The van der Waals surface area contributed by atoms with Crippen LogP contribution in [0.15, 0.2) is 48.5 Å². The number of hydrogen-bond acceptors (Lipinski definition) is 1. The van der Waals surface area contributed by atoms with Gasteiger partial charge in [0.2, 0.25) is 0 Å². The number of fused-ring (bicyclic) bond motifs is 1. The largest absolute Gasteiger partial charge is 0.356 e. The van der Waals surface area contributed by atoms with Gasteiger partial charge in [0.1, 0.15) is 0 Å². The second-order valence-electron chi connectivity index (χ2n) is 6.16. The van der Waals surface area contributed by atoms with Gasteiger partial charge in [-0.1, -0.05) is 43.3 Å². The lowest BCUT2D eigenvalue weighted by Gasteiger charge is -2.23. The second-order valence-corrected chi connectivity index (χ2v) is 6.57. The molecule has 2 aromatic rings. The van der Waals surface area contributed by atoms with E-state index >= 15 is 0 Å². The Hall–Kier alpha value is -1.87. The zero-order valence-electron chi connectivity index (χ0n) is 13.6. The Kier molecular flexibility index (Phi) is 5.29. The van der Waals surface area contributed by atoms with E-state index in [4.69, 9.17) is 12.2 Å². The molecule has 1 aliphatic rings. The first-order valence-electron chi connectivity index (χ1n) is 8.50. The molecule has 3 heteroatoms. The van der Waals surface area contributed by atoms with E-state index in [0.717, 1.165) is 12.1 Å². The molecule has 3 rings (SSSR count).